The van der Waals surface area contributed by atoms with Gasteiger partial charge in [0.1, 0.15) is 5.75 Å². The number of carbonyl (C=O) groups excluding carboxylic acids is 1. The lowest BCUT2D eigenvalue weighted by molar-refractivity contribution is -0.122. The van der Waals surface area contributed by atoms with Crippen molar-refractivity contribution in [3.63, 3.8) is 0 Å². The van der Waals surface area contributed by atoms with Crippen LogP contribution >= 0.6 is 0 Å². The van der Waals surface area contributed by atoms with Crippen LogP contribution in [0.15, 0.2) is 71.6 Å². The number of nitrogens with one attached hydrogen (secondary N) is 2. The van der Waals surface area contributed by atoms with Gasteiger partial charge in [-0.15, -0.1) is 0 Å². The Morgan fingerprint density at radius 2 is 1.45 bits per heavy atom. The lowest BCUT2D eigenvalue weighted by Crippen LogP contribution is -2.30. The van der Waals surface area contributed by atoms with E-state index in [0.29, 0.717) is 17.1 Å². The first-order valence-electron chi connectivity index (χ1n) is 9.88. The van der Waals surface area contributed by atoms with Crippen LogP contribution in [-0.4, -0.2) is 20.4 Å². The Labute approximate surface area is 183 Å². The van der Waals surface area contributed by atoms with Crippen LogP contribution in [0.1, 0.15) is 23.6 Å². The first-order chi connectivity index (χ1) is 14.6. The summed E-state index contributed by atoms with van der Waals surface area (Å²) in [6.07, 6.45) is -0.711. The molecule has 7 heteroatoms. The number of aryl methyl sites for hydroxylation is 3. The smallest absolute Gasteiger partial charge is 0.265 e. The highest BCUT2D eigenvalue weighted by atomic mass is 32.2. The van der Waals surface area contributed by atoms with Gasteiger partial charge in [0.15, 0.2) is 6.10 Å². The predicted octanol–water partition coefficient (Wildman–Crippen LogP) is 4.82. The molecule has 0 radical (unpaired) electrons. The fraction of sp³-hybridized carbons (Fsp3) is 0.208. The zero-order valence-corrected chi connectivity index (χ0v) is 18.8. The van der Waals surface area contributed by atoms with Crippen LogP contribution in [0.2, 0.25) is 0 Å². The van der Waals surface area contributed by atoms with E-state index in [1.807, 2.05) is 39.0 Å². The normalized spacial score (nSPS) is 12.1. The van der Waals surface area contributed by atoms with Crippen LogP contribution < -0.4 is 14.8 Å². The van der Waals surface area contributed by atoms with Crippen molar-refractivity contribution in [1.29, 1.82) is 0 Å². The van der Waals surface area contributed by atoms with Crippen LogP contribution in [0.4, 0.5) is 11.4 Å². The standard InChI is InChI=1S/C24H26N2O4S/c1-16-5-11-22(12-6-16)30-19(4)24(27)25-20-9-13-23(14-10-20)31(28,29)26-21-8-7-17(2)18(3)15-21/h5-15,19,26H,1-4H3,(H,25,27)/t19-/m0/s1. The van der Waals surface area contributed by atoms with Gasteiger partial charge in [-0.3, -0.25) is 9.52 Å². The third-order valence-corrected chi connectivity index (χ3v) is 6.29. The maximum Gasteiger partial charge on any atom is 0.265 e. The van der Waals surface area contributed by atoms with Gasteiger partial charge in [0, 0.05) is 11.4 Å². The average molecular weight is 439 g/mol. The topological polar surface area (TPSA) is 84.5 Å². The number of sulfonamides is 1. The summed E-state index contributed by atoms with van der Waals surface area (Å²) in [6.45, 7) is 7.52. The Kier molecular flexibility index (Phi) is 6.65. The summed E-state index contributed by atoms with van der Waals surface area (Å²) in [4.78, 5) is 12.5. The first kappa shape index (κ1) is 22.4. The average Bonchev–Trinajstić information content (AvgIpc) is 2.72. The summed E-state index contributed by atoms with van der Waals surface area (Å²) in [5.41, 5.74) is 4.17. The van der Waals surface area contributed by atoms with Crippen molar-refractivity contribution in [3.05, 3.63) is 83.4 Å². The Bertz CT molecular complexity index is 1170. The van der Waals surface area contributed by atoms with Crippen LogP contribution in [0.25, 0.3) is 0 Å². The van der Waals surface area contributed by atoms with Gasteiger partial charge in [-0.25, -0.2) is 8.42 Å². The van der Waals surface area contributed by atoms with Crippen molar-refractivity contribution in [2.24, 2.45) is 0 Å². The quantitative estimate of drug-likeness (QED) is 0.554. The SMILES string of the molecule is Cc1ccc(O[C@@H](C)C(=O)Nc2ccc(S(=O)(=O)Nc3ccc(C)c(C)c3)cc2)cc1. The van der Waals surface area contributed by atoms with Gasteiger partial charge in [0.2, 0.25) is 0 Å². The summed E-state index contributed by atoms with van der Waals surface area (Å²) in [5, 5.41) is 2.74. The number of hydrogen-bond acceptors (Lipinski definition) is 4. The second kappa shape index (κ2) is 9.22. The molecule has 0 aliphatic rings. The summed E-state index contributed by atoms with van der Waals surface area (Å²) < 4.78 is 33.5. The fourth-order valence-corrected chi connectivity index (χ4v) is 3.90. The number of amides is 1. The minimum Gasteiger partial charge on any atom is -0.481 e. The second-order valence-corrected chi connectivity index (χ2v) is 9.17. The molecule has 31 heavy (non-hydrogen) atoms. The van der Waals surface area contributed by atoms with E-state index in [1.54, 1.807) is 43.3 Å². The zero-order chi connectivity index (χ0) is 22.6. The Morgan fingerprint density at radius 3 is 2.06 bits per heavy atom. The van der Waals surface area contributed by atoms with Crippen molar-refractivity contribution in [2.45, 2.75) is 38.7 Å². The van der Waals surface area contributed by atoms with Crippen molar-refractivity contribution >= 4 is 27.3 Å². The fourth-order valence-electron chi connectivity index (χ4n) is 2.85. The van der Waals surface area contributed by atoms with Crippen LogP contribution in [0.5, 0.6) is 5.75 Å². The molecule has 0 fully saturated rings. The predicted molar refractivity (Wildman–Crippen MR) is 123 cm³/mol. The van der Waals surface area contributed by atoms with E-state index in [9.17, 15) is 13.2 Å². The molecule has 0 aromatic heterocycles. The van der Waals surface area contributed by atoms with E-state index in [-0.39, 0.29) is 10.8 Å². The van der Waals surface area contributed by atoms with E-state index < -0.39 is 16.1 Å². The molecule has 3 aromatic rings. The molecule has 0 bridgehead atoms. The lowest BCUT2D eigenvalue weighted by atomic mass is 10.1. The van der Waals surface area contributed by atoms with Gasteiger partial charge in [0.25, 0.3) is 15.9 Å². The maximum atomic E-state index is 12.6. The third kappa shape index (κ3) is 5.86. The van der Waals surface area contributed by atoms with E-state index in [0.717, 1.165) is 16.7 Å². The Morgan fingerprint density at radius 1 is 0.839 bits per heavy atom. The number of carbonyl (C=O) groups is 1. The van der Waals surface area contributed by atoms with Crippen LogP contribution in [0, 0.1) is 20.8 Å². The van der Waals surface area contributed by atoms with Crippen molar-refractivity contribution in [3.8, 4) is 5.75 Å². The highest BCUT2D eigenvalue weighted by Gasteiger charge is 2.17. The number of rotatable bonds is 7. The number of anilines is 2. The minimum atomic E-state index is -3.74. The molecule has 1 amide bonds. The van der Waals surface area contributed by atoms with Gasteiger partial charge in [-0.1, -0.05) is 23.8 Å². The molecular formula is C24H26N2O4S. The highest BCUT2D eigenvalue weighted by Crippen LogP contribution is 2.21. The molecule has 162 valence electrons. The van der Waals surface area contributed by atoms with Crippen LogP contribution in [0.3, 0.4) is 0 Å². The van der Waals surface area contributed by atoms with Gasteiger partial charge >= 0.3 is 0 Å². The maximum absolute atomic E-state index is 12.6. The summed E-state index contributed by atoms with van der Waals surface area (Å²) in [6, 6.07) is 18.8. The lowest BCUT2D eigenvalue weighted by Gasteiger charge is -2.15. The molecule has 1 atom stereocenters. The van der Waals surface area contributed by atoms with Gasteiger partial charge in [-0.05, 0) is 87.4 Å². The molecule has 0 spiro atoms. The van der Waals surface area contributed by atoms with Gasteiger partial charge < -0.3 is 10.1 Å². The molecule has 0 saturated heterocycles. The monoisotopic (exact) mass is 438 g/mol. The number of benzene rings is 3. The van der Waals surface area contributed by atoms with Crippen molar-refractivity contribution in [2.75, 3.05) is 10.0 Å². The molecule has 0 unspecified atom stereocenters. The molecular weight excluding hydrogens is 412 g/mol. The number of hydrogen-bond donors (Lipinski definition) is 2. The Hall–Kier alpha value is -3.32. The molecule has 0 saturated carbocycles. The van der Waals surface area contributed by atoms with E-state index in [4.69, 9.17) is 4.74 Å². The van der Waals surface area contributed by atoms with E-state index in [1.165, 1.54) is 12.1 Å². The third-order valence-electron chi connectivity index (χ3n) is 4.89. The van der Waals surface area contributed by atoms with E-state index in [2.05, 4.69) is 10.0 Å². The molecule has 6 nitrogen and oxygen atoms in total. The summed E-state index contributed by atoms with van der Waals surface area (Å²) in [7, 11) is -3.74. The molecule has 0 aliphatic heterocycles. The molecule has 3 aromatic carbocycles. The molecule has 0 heterocycles. The van der Waals surface area contributed by atoms with Gasteiger partial charge in [-0.2, -0.15) is 0 Å². The van der Waals surface area contributed by atoms with Crippen molar-refractivity contribution in [1.82, 2.24) is 0 Å². The largest absolute Gasteiger partial charge is 0.481 e. The van der Waals surface area contributed by atoms with Crippen molar-refractivity contribution < 1.29 is 17.9 Å². The molecule has 0 aliphatic carbocycles. The minimum absolute atomic E-state index is 0.104. The van der Waals surface area contributed by atoms with E-state index >= 15 is 0 Å². The number of ether oxygens (including phenoxy) is 1. The van der Waals surface area contributed by atoms with Gasteiger partial charge in [0.05, 0.1) is 4.90 Å². The second-order valence-electron chi connectivity index (χ2n) is 7.49. The molecule has 3 rings (SSSR count). The summed E-state index contributed by atoms with van der Waals surface area (Å²) in [5.74, 6) is 0.275. The highest BCUT2D eigenvalue weighted by molar-refractivity contribution is 7.92. The summed E-state index contributed by atoms with van der Waals surface area (Å²) >= 11 is 0. The molecule has 2 N–H and O–H groups in total. The zero-order valence-electron chi connectivity index (χ0n) is 18.0. The first-order valence-corrected chi connectivity index (χ1v) is 11.4. The van der Waals surface area contributed by atoms with Crippen LogP contribution in [-0.2, 0) is 14.8 Å². The Balaban J connectivity index is 1.63.